The van der Waals surface area contributed by atoms with Crippen LogP contribution in [0.25, 0.3) is 11.0 Å². The topological polar surface area (TPSA) is 55.2 Å². The van der Waals surface area contributed by atoms with E-state index in [-0.39, 0.29) is 5.91 Å². The summed E-state index contributed by atoms with van der Waals surface area (Å²) in [6.45, 7) is 6.73. The van der Waals surface area contributed by atoms with Gasteiger partial charge in [0.05, 0.1) is 13.7 Å². The molecule has 0 N–H and O–H groups in total. The number of aryl methyl sites for hydroxylation is 1. The van der Waals surface area contributed by atoms with Crippen LogP contribution in [0.15, 0.2) is 40.8 Å². The average Bonchev–Trinajstić information content (AvgIpc) is 3.37. The molecule has 2 aliphatic heterocycles. The highest BCUT2D eigenvalue weighted by atomic mass is 16.5. The molecule has 0 radical (unpaired) electrons. The van der Waals surface area contributed by atoms with Gasteiger partial charge < -0.3 is 18.8 Å². The molecule has 0 spiro atoms. The number of rotatable bonds is 4. The molecule has 6 heteroatoms. The Labute approximate surface area is 176 Å². The lowest BCUT2D eigenvalue weighted by Crippen LogP contribution is -2.48. The summed E-state index contributed by atoms with van der Waals surface area (Å²) in [5.41, 5.74) is 4.20. The minimum absolute atomic E-state index is 0.0306. The molecule has 0 atom stereocenters. The molecule has 0 aliphatic carbocycles. The molecule has 2 aromatic carbocycles. The second kappa shape index (κ2) is 7.69. The number of hydrogen-bond donors (Lipinski definition) is 0. The van der Waals surface area contributed by atoms with Gasteiger partial charge in [-0.2, -0.15) is 0 Å². The van der Waals surface area contributed by atoms with Crippen LogP contribution < -0.4 is 9.47 Å². The van der Waals surface area contributed by atoms with Crippen LogP contribution in [0.2, 0.25) is 0 Å². The molecule has 1 amide bonds. The Kier molecular flexibility index (Phi) is 4.87. The fourth-order valence-corrected chi connectivity index (χ4v) is 4.38. The van der Waals surface area contributed by atoms with Gasteiger partial charge in [0.15, 0.2) is 5.76 Å². The number of benzene rings is 2. The first-order valence-electron chi connectivity index (χ1n) is 10.5. The fourth-order valence-electron chi connectivity index (χ4n) is 4.38. The van der Waals surface area contributed by atoms with E-state index >= 15 is 0 Å². The van der Waals surface area contributed by atoms with E-state index in [0.717, 1.165) is 60.7 Å². The number of piperazine rings is 1. The summed E-state index contributed by atoms with van der Waals surface area (Å²) in [6.07, 6.45) is 0.994. The highest BCUT2D eigenvalue weighted by Crippen LogP contribution is 2.30. The highest BCUT2D eigenvalue weighted by molar-refractivity contribution is 5.99. The highest BCUT2D eigenvalue weighted by Gasteiger charge is 2.27. The van der Waals surface area contributed by atoms with E-state index in [1.54, 1.807) is 7.11 Å². The van der Waals surface area contributed by atoms with Crippen molar-refractivity contribution in [3.63, 3.8) is 0 Å². The summed E-state index contributed by atoms with van der Waals surface area (Å²) in [4.78, 5) is 17.4. The zero-order valence-corrected chi connectivity index (χ0v) is 17.4. The minimum Gasteiger partial charge on any atom is -0.497 e. The molecule has 0 bridgehead atoms. The van der Waals surface area contributed by atoms with Gasteiger partial charge in [0, 0.05) is 50.1 Å². The predicted octanol–water partition coefficient (Wildman–Crippen LogP) is 3.64. The standard InChI is InChI=1S/C24H26N2O4/c1-16-20-14-19(28-2)4-6-22(20)30-23(16)24(27)26-10-8-25(9-11-26)15-17-3-5-21-18(13-17)7-12-29-21/h3-6,13-14H,7-12,15H2,1-2H3. The van der Waals surface area contributed by atoms with Crippen LogP contribution in [-0.2, 0) is 13.0 Å². The van der Waals surface area contributed by atoms with Crippen LogP contribution in [0.5, 0.6) is 11.5 Å². The molecule has 3 aromatic rings. The maximum atomic E-state index is 13.1. The molecular formula is C24H26N2O4. The van der Waals surface area contributed by atoms with Gasteiger partial charge in [0.1, 0.15) is 17.1 Å². The number of hydrogen-bond acceptors (Lipinski definition) is 5. The van der Waals surface area contributed by atoms with Crippen LogP contribution in [0.3, 0.4) is 0 Å². The van der Waals surface area contributed by atoms with Crippen LogP contribution in [-0.4, -0.2) is 55.6 Å². The van der Waals surface area contributed by atoms with Crippen LogP contribution >= 0.6 is 0 Å². The maximum absolute atomic E-state index is 13.1. The number of carbonyl (C=O) groups is 1. The molecule has 1 saturated heterocycles. The second-order valence-electron chi connectivity index (χ2n) is 8.03. The third-order valence-corrected chi connectivity index (χ3v) is 6.16. The van der Waals surface area contributed by atoms with E-state index in [1.807, 2.05) is 30.0 Å². The molecule has 0 saturated carbocycles. The minimum atomic E-state index is -0.0306. The first-order valence-corrected chi connectivity index (χ1v) is 10.5. The van der Waals surface area contributed by atoms with Crippen LogP contribution in [0.4, 0.5) is 0 Å². The molecule has 0 unspecified atom stereocenters. The van der Waals surface area contributed by atoms with Crippen LogP contribution in [0, 0.1) is 6.92 Å². The Balaban J connectivity index is 1.25. The van der Waals surface area contributed by atoms with E-state index in [4.69, 9.17) is 13.9 Å². The van der Waals surface area contributed by atoms with E-state index in [0.29, 0.717) is 18.8 Å². The van der Waals surface area contributed by atoms with Crippen molar-refractivity contribution >= 4 is 16.9 Å². The zero-order valence-electron chi connectivity index (χ0n) is 17.4. The summed E-state index contributed by atoms with van der Waals surface area (Å²) in [6, 6.07) is 12.1. The molecule has 1 aromatic heterocycles. The van der Waals surface area contributed by atoms with Crippen molar-refractivity contribution in [1.82, 2.24) is 9.80 Å². The van der Waals surface area contributed by atoms with Gasteiger partial charge in [-0.1, -0.05) is 12.1 Å². The molecule has 156 valence electrons. The Bertz CT molecular complexity index is 1100. The zero-order chi connectivity index (χ0) is 20.7. The Morgan fingerprint density at radius 2 is 1.93 bits per heavy atom. The molecule has 6 nitrogen and oxygen atoms in total. The second-order valence-corrected chi connectivity index (χ2v) is 8.03. The van der Waals surface area contributed by atoms with Gasteiger partial charge in [-0.25, -0.2) is 0 Å². The summed E-state index contributed by atoms with van der Waals surface area (Å²) in [7, 11) is 1.64. The molecular weight excluding hydrogens is 380 g/mol. The smallest absolute Gasteiger partial charge is 0.289 e. The van der Waals surface area contributed by atoms with Crippen molar-refractivity contribution in [3.05, 3.63) is 58.8 Å². The Morgan fingerprint density at radius 3 is 2.73 bits per heavy atom. The number of amides is 1. The predicted molar refractivity (Wildman–Crippen MR) is 114 cm³/mol. The summed E-state index contributed by atoms with van der Waals surface area (Å²) in [5, 5.41) is 0.928. The third-order valence-electron chi connectivity index (χ3n) is 6.16. The lowest BCUT2D eigenvalue weighted by Gasteiger charge is -2.34. The van der Waals surface area contributed by atoms with Crippen molar-refractivity contribution in [2.75, 3.05) is 39.9 Å². The first kappa shape index (κ1) is 19.0. The SMILES string of the molecule is COc1ccc2oc(C(=O)N3CCN(Cc4ccc5c(c4)CCO5)CC3)c(C)c2c1. The number of fused-ring (bicyclic) bond motifs is 2. The van der Waals surface area contributed by atoms with Gasteiger partial charge in [-0.15, -0.1) is 0 Å². The molecule has 5 rings (SSSR count). The average molecular weight is 406 g/mol. The summed E-state index contributed by atoms with van der Waals surface area (Å²) in [5.74, 6) is 2.19. The van der Waals surface area contributed by atoms with Crippen molar-refractivity contribution in [1.29, 1.82) is 0 Å². The van der Waals surface area contributed by atoms with Gasteiger partial charge in [0.25, 0.3) is 5.91 Å². The van der Waals surface area contributed by atoms with E-state index in [9.17, 15) is 4.79 Å². The fraction of sp³-hybridized carbons (Fsp3) is 0.375. The van der Waals surface area contributed by atoms with Gasteiger partial charge in [-0.05, 0) is 42.3 Å². The largest absolute Gasteiger partial charge is 0.497 e. The quantitative estimate of drug-likeness (QED) is 0.662. The molecule has 3 heterocycles. The van der Waals surface area contributed by atoms with Crippen molar-refractivity contribution < 1.29 is 18.7 Å². The lowest BCUT2D eigenvalue weighted by molar-refractivity contribution is 0.0599. The van der Waals surface area contributed by atoms with Crippen molar-refractivity contribution in [3.8, 4) is 11.5 Å². The normalized spacial score (nSPS) is 16.5. The first-order chi connectivity index (χ1) is 14.6. The molecule has 2 aliphatic rings. The number of ether oxygens (including phenoxy) is 2. The number of methoxy groups -OCH3 is 1. The monoisotopic (exact) mass is 406 g/mol. The third kappa shape index (κ3) is 3.41. The van der Waals surface area contributed by atoms with Gasteiger partial charge in [-0.3, -0.25) is 9.69 Å². The summed E-state index contributed by atoms with van der Waals surface area (Å²) < 4.78 is 16.8. The van der Waals surface area contributed by atoms with E-state index in [1.165, 1.54) is 11.1 Å². The van der Waals surface area contributed by atoms with Gasteiger partial charge >= 0.3 is 0 Å². The Hall–Kier alpha value is -2.99. The molecule has 1 fully saturated rings. The van der Waals surface area contributed by atoms with Crippen LogP contribution in [0.1, 0.15) is 27.2 Å². The van der Waals surface area contributed by atoms with E-state index < -0.39 is 0 Å². The van der Waals surface area contributed by atoms with Crippen molar-refractivity contribution in [2.24, 2.45) is 0 Å². The van der Waals surface area contributed by atoms with E-state index in [2.05, 4.69) is 23.1 Å². The van der Waals surface area contributed by atoms with Gasteiger partial charge in [0.2, 0.25) is 0 Å². The number of nitrogens with zero attached hydrogens (tertiary/aromatic N) is 2. The number of carbonyl (C=O) groups excluding carboxylic acids is 1. The maximum Gasteiger partial charge on any atom is 0.289 e. The lowest BCUT2D eigenvalue weighted by atomic mass is 10.1. The number of furan rings is 1. The Morgan fingerprint density at radius 1 is 1.10 bits per heavy atom. The van der Waals surface area contributed by atoms with Crippen molar-refractivity contribution in [2.45, 2.75) is 19.9 Å². The molecule has 30 heavy (non-hydrogen) atoms. The summed E-state index contributed by atoms with van der Waals surface area (Å²) >= 11 is 0.